The zero-order valence-electron chi connectivity index (χ0n) is 9.93. The van der Waals surface area contributed by atoms with Gasteiger partial charge in [0.05, 0.1) is 25.1 Å². The van der Waals surface area contributed by atoms with Gasteiger partial charge in [-0.15, -0.1) is 0 Å². The van der Waals surface area contributed by atoms with Gasteiger partial charge in [-0.1, -0.05) is 0 Å². The van der Waals surface area contributed by atoms with Gasteiger partial charge in [0.25, 0.3) is 0 Å². The summed E-state index contributed by atoms with van der Waals surface area (Å²) in [5.74, 6) is 0.0461. The van der Waals surface area contributed by atoms with Crippen LogP contribution < -0.4 is 4.72 Å². The van der Waals surface area contributed by atoms with E-state index in [1.165, 1.54) is 0 Å². The summed E-state index contributed by atoms with van der Waals surface area (Å²) in [6.07, 6.45) is 2.21. The topological polar surface area (TPSA) is 84.9 Å². The highest BCUT2D eigenvalue weighted by Gasteiger charge is 2.22. The van der Waals surface area contributed by atoms with Gasteiger partial charge in [-0.2, -0.15) is 0 Å². The molecule has 1 atom stereocenters. The Morgan fingerprint density at radius 3 is 2.88 bits per heavy atom. The molecule has 0 amide bonds. The molecule has 17 heavy (non-hydrogen) atoms. The summed E-state index contributed by atoms with van der Waals surface area (Å²) >= 11 is 0. The van der Waals surface area contributed by atoms with Crippen molar-refractivity contribution in [2.24, 2.45) is 0 Å². The first-order valence-corrected chi connectivity index (χ1v) is 7.57. The standard InChI is InChI=1S/C10H21NO5S/c12-5-8-15-6-2-4-11-17(13,14)9-10-3-1-7-16-10/h10-12H,1-9H2. The second kappa shape index (κ2) is 7.99. The maximum absolute atomic E-state index is 11.6. The molecule has 1 aliphatic rings. The van der Waals surface area contributed by atoms with Gasteiger partial charge in [-0.3, -0.25) is 0 Å². The fraction of sp³-hybridized carbons (Fsp3) is 1.00. The normalized spacial score (nSPS) is 20.9. The third-order valence-electron chi connectivity index (χ3n) is 2.45. The van der Waals surface area contributed by atoms with Crippen molar-refractivity contribution in [3.05, 3.63) is 0 Å². The smallest absolute Gasteiger partial charge is 0.214 e. The molecule has 102 valence electrons. The third kappa shape index (κ3) is 6.95. The fourth-order valence-electron chi connectivity index (χ4n) is 1.65. The largest absolute Gasteiger partial charge is 0.394 e. The van der Waals surface area contributed by atoms with Crippen molar-refractivity contribution in [2.75, 3.05) is 38.7 Å². The zero-order valence-corrected chi connectivity index (χ0v) is 10.7. The molecule has 0 spiro atoms. The van der Waals surface area contributed by atoms with Gasteiger partial charge in [0.15, 0.2) is 0 Å². The highest BCUT2D eigenvalue weighted by molar-refractivity contribution is 7.89. The van der Waals surface area contributed by atoms with E-state index in [2.05, 4.69) is 4.72 Å². The Balaban J connectivity index is 2.07. The zero-order chi connectivity index (χ0) is 12.6. The minimum atomic E-state index is -3.24. The Morgan fingerprint density at radius 2 is 2.24 bits per heavy atom. The van der Waals surface area contributed by atoms with Gasteiger partial charge in [0.1, 0.15) is 0 Å². The lowest BCUT2D eigenvalue weighted by Crippen LogP contribution is -2.33. The van der Waals surface area contributed by atoms with E-state index in [1.807, 2.05) is 0 Å². The lowest BCUT2D eigenvalue weighted by molar-refractivity contribution is 0.0913. The van der Waals surface area contributed by atoms with Crippen LogP contribution in [0.3, 0.4) is 0 Å². The van der Waals surface area contributed by atoms with Gasteiger partial charge < -0.3 is 14.6 Å². The molecule has 0 saturated carbocycles. The van der Waals surface area contributed by atoms with Crippen LogP contribution in [0, 0.1) is 0 Å². The average molecular weight is 267 g/mol. The predicted molar refractivity (Wildman–Crippen MR) is 63.3 cm³/mol. The van der Waals surface area contributed by atoms with Gasteiger partial charge in [-0.25, -0.2) is 13.1 Å². The summed E-state index contributed by atoms with van der Waals surface area (Å²) in [5, 5.41) is 8.46. The van der Waals surface area contributed by atoms with E-state index in [0.717, 1.165) is 12.8 Å². The number of aliphatic hydroxyl groups is 1. The molecule has 0 aliphatic carbocycles. The Bertz CT molecular complexity index is 287. The number of hydrogen-bond donors (Lipinski definition) is 2. The highest BCUT2D eigenvalue weighted by atomic mass is 32.2. The van der Waals surface area contributed by atoms with Crippen molar-refractivity contribution < 1.29 is 23.0 Å². The van der Waals surface area contributed by atoms with Crippen LogP contribution in [0.2, 0.25) is 0 Å². The summed E-state index contributed by atoms with van der Waals surface area (Å²) in [5.41, 5.74) is 0. The summed E-state index contributed by atoms with van der Waals surface area (Å²) in [6.45, 7) is 1.76. The molecule has 0 aromatic heterocycles. The van der Waals surface area contributed by atoms with Crippen LogP contribution in [0.15, 0.2) is 0 Å². The molecule has 1 rings (SSSR count). The van der Waals surface area contributed by atoms with Crippen LogP contribution in [-0.4, -0.2) is 58.4 Å². The molecule has 0 aromatic rings. The number of ether oxygens (including phenoxy) is 2. The van der Waals surface area contributed by atoms with Crippen LogP contribution in [0.25, 0.3) is 0 Å². The fourth-order valence-corrected chi connectivity index (χ4v) is 2.97. The maximum Gasteiger partial charge on any atom is 0.214 e. The second-order valence-electron chi connectivity index (χ2n) is 4.00. The molecule has 2 N–H and O–H groups in total. The first-order valence-electron chi connectivity index (χ1n) is 5.91. The summed E-state index contributed by atoms with van der Waals surface area (Å²) < 4.78 is 36.0. The second-order valence-corrected chi connectivity index (χ2v) is 5.85. The van der Waals surface area contributed by atoms with Gasteiger partial charge in [-0.05, 0) is 19.3 Å². The van der Waals surface area contributed by atoms with E-state index in [9.17, 15) is 8.42 Å². The quantitative estimate of drug-likeness (QED) is 0.549. The first-order chi connectivity index (χ1) is 8.14. The van der Waals surface area contributed by atoms with Crippen molar-refractivity contribution in [1.82, 2.24) is 4.72 Å². The van der Waals surface area contributed by atoms with Crippen molar-refractivity contribution in [3.8, 4) is 0 Å². The molecular formula is C10H21NO5S. The number of rotatable bonds is 9. The maximum atomic E-state index is 11.6. The van der Waals surface area contributed by atoms with Crippen LogP contribution >= 0.6 is 0 Å². The first kappa shape index (κ1) is 14.8. The Hall–Kier alpha value is -0.210. The third-order valence-corrected chi connectivity index (χ3v) is 3.91. The van der Waals surface area contributed by atoms with E-state index >= 15 is 0 Å². The molecule has 0 radical (unpaired) electrons. The molecule has 7 heteroatoms. The predicted octanol–water partition coefficient (Wildman–Crippen LogP) is -0.516. The Labute approximate surface area is 102 Å². The van der Waals surface area contributed by atoms with E-state index in [-0.39, 0.29) is 18.5 Å². The molecule has 6 nitrogen and oxygen atoms in total. The molecule has 1 aliphatic heterocycles. The SMILES string of the molecule is O=S(=O)(CC1CCCO1)NCCCOCCO. The number of aliphatic hydroxyl groups excluding tert-OH is 1. The van der Waals surface area contributed by atoms with Crippen molar-refractivity contribution in [3.63, 3.8) is 0 Å². The minimum absolute atomic E-state index is 0.00918. The van der Waals surface area contributed by atoms with Crippen LogP contribution in [0.1, 0.15) is 19.3 Å². The number of hydrogen-bond acceptors (Lipinski definition) is 5. The van der Waals surface area contributed by atoms with Gasteiger partial charge in [0, 0.05) is 19.8 Å². The Morgan fingerprint density at radius 1 is 1.41 bits per heavy atom. The average Bonchev–Trinajstić information content (AvgIpc) is 2.75. The van der Waals surface area contributed by atoms with E-state index in [1.54, 1.807) is 0 Å². The van der Waals surface area contributed by atoms with E-state index < -0.39 is 10.0 Å². The highest BCUT2D eigenvalue weighted by Crippen LogP contribution is 2.13. The summed E-state index contributed by atoms with van der Waals surface area (Å²) in [4.78, 5) is 0. The number of nitrogens with one attached hydrogen (secondary N) is 1. The monoisotopic (exact) mass is 267 g/mol. The van der Waals surface area contributed by atoms with Crippen molar-refractivity contribution >= 4 is 10.0 Å². The van der Waals surface area contributed by atoms with E-state index in [0.29, 0.717) is 32.8 Å². The van der Waals surface area contributed by atoms with Crippen molar-refractivity contribution in [1.29, 1.82) is 0 Å². The number of sulfonamides is 1. The molecular weight excluding hydrogens is 246 g/mol. The molecule has 0 bridgehead atoms. The summed E-state index contributed by atoms with van der Waals surface area (Å²) in [7, 11) is -3.24. The van der Waals surface area contributed by atoms with Crippen LogP contribution in [0.5, 0.6) is 0 Å². The van der Waals surface area contributed by atoms with Crippen molar-refractivity contribution in [2.45, 2.75) is 25.4 Å². The van der Waals surface area contributed by atoms with Gasteiger partial charge in [0.2, 0.25) is 10.0 Å². The minimum Gasteiger partial charge on any atom is -0.394 e. The molecule has 1 unspecified atom stereocenters. The molecule has 1 heterocycles. The molecule has 1 fully saturated rings. The lowest BCUT2D eigenvalue weighted by Gasteiger charge is -2.11. The van der Waals surface area contributed by atoms with Gasteiger partial charge >= 0.3 is 0 Å². The van der Waals surface area contributed by atoms with E-state index in [4.69, 9.17) is 14.6 Å². The van der Waals surface area contributed by atoms with Crippen LogP contribution in [0.4, 0.5) is 0 Å². The lowest BCUT2D eigenvalue weighted by atomic mass is 10.3. The van der Waals surface area contributed by atoms with Crippen LogP contribution in [-0.2, 0) is 19.5 Å². The Kier molecular flexibility index (Phi) is 6.98. The molecule has 1 saturated heterocycles. The molecule has 0 aromatic carbocycles. The summed E-state index contributed by atoms with van der Waals surface area (Å²) in [6, 6.07) is 0.